The van der Waals surface area contributed by atoms with Gasteiger partial charge in [-0.05, 0) is 295 Å². The van der Waals surface area contributed by atoms with Crippen molar-refractivity contribution in [3.8, 4) is 0 Å². The summed E-state index contributed by atoms with van der Waals surface area (Å²) in [4.78, 5) is 9.33. The standard InChI is InChI=1S/C77H66N4O3/c1-45-12-17-55(34-50(45)6)78(11)56-22-28-72-66(39-56)67-41-62(24-30-73(67)82-72)80(59-20-15-48(4)53(9)37-59)63-25-32-76-70(43-63)71-44-65(27-33-77(71)84-76)81(60-21-16-49(5)54(10)38-60)64-26-31-75-69(42-64)68-40-61(23-29-74(68)83-75)79(57-18-13-46(2)51(7)35-57)58-19-14-47(3)52(8)36-58/h12-44H,1-11H3. The highest BCUT2D eigenvalue weighted by atomic mass is 16.3. The molecule has 84 heavy (non-hydrogen) atoms. The van der Waals surface area contributed by atoms with E-state index < -0.39 is 0 Å². The second-order valence-corrected chi connectivity index (χ2v) is 23.3. The van der Waals surface area contributed by atoms with E-state index in [2.05, 4.69) is 296 Å². The molecule has 7 heteroatoms. The van der Waals surface area contributed by atoms with Crippen molar-refractivity contribution in [2.75, 3.05) is 26.6 Å². The van der Waals surface area contributed by atoms with Gasteiger partial charge in [0, 0.05) is 102 Å². The van der Waals surface area contributed by atoms with Gasteiger partial charge in [-0.15, -0.1) is 0 Å². The number of benzene rings is 11. The second kappa shape index (κ2) is 20.2. The number of rotatable bonds is 11. The molecule has 0 unspecified atom stereocenters. The molecule has 14 aromatic rings. The monoisotopic (exact) mass is 1090 g/mol. The van der Waals surface area contributed by atoms with Gasteiger partial charge in [0.25, 0.3) is 0 Å². The molecule has 0 aliphatic rings. The molecule has 0 saturated heterocycles. The first-order valence-corrected chi connectivity index (χ1v) is 29.0. The molecule has 11 aromatic carbocycles. The van der Waals surface area contributed by atoms with Gasteiger partial charge in [-0.3, -0.25) is 0 Å². The molecule has 0 N–H and O–H groups in total. The Morgan fingerprint density at radius 2 is 0.357 bits per heavy atom. The summed E-state index contributed by atoms with van der Waals surface area (Å²) in [5, 5.41) is 6.24. The number of nitrogens with zero attached hydrogens (tertiary/aromatic N) is 4. The summed E-state index contributed by atoms with van der Waals surface area (Å²) in [5.74, 6) is 0. The fourth-order valence-electron chi connectivity index (χ4n) is 12.0. The summed E-state index contributed by atoms with van der Waals surface area (Å²) in [6.45, 7) is 21.7. The minimum atomic E-state index is 0.817. The normalized spacial score (nSPS) is 11.8. The fraction of sp³-hybridized carbons (Fsp3) is 0.143. The van der Waals surface area contributed by atoms with Crippen LogP contribution in [0.15, 0.2) is 213 Å². The van der Waals surface area contributed by atoms with Crippen LogP contribution in [0.4, 0.5) is 62.6 Å². The van der Waals surface area contributed by atoms with Crippen LogP contribution in [0.2, 0.25) is 0 Å². The zero-order valence-corrected chi connectivity index (χ0v) is 49.6. The average molecular weight is 1100 g/mol. The van der Waals surface area contributed by atoms with Gasteiger partial charge in [-0.2, -0.15) is 0 Å². The first-order chi connectivity index (χ1) is 40.6. The van der Waals surface area contributed by atoms with Crippen LogP contribution in [0.3, 0.4) is 0 Å². The Kier molecular flexibility index (Phi) is 12.5. The lowest BCUT2D eigenvalue weighted by molar-refractivity contribution is 0.668. The van der Waals surface area contributed by atoms with Crippen LogP contribution in [0.5, 0.6) is 0 Å². The summed E-state index contributed by atoms with van der Waals surface area (Å²) >= 11 is 0. The topological polar surface area (TPSA) is 52.4 Å². The lowest BCUT2D eigenvalue weighted by Gasteiger charge is -2.27. The summed E-state index contributed by atoms with van der Waals surface area (Å²) in [5.41, 5.74) is 29.2. The van der Waals surface area contributed by atoms with Crippen molar-refractivity contribution < 1.29 is 13.3 Å². The lowest BCUT2D eigenvalue weighted by Crippen LogP contribution is -2.11. The minimum absolute atomic E-state index is 0.817. The predicted molar refractivity (Wildman–Crippen MR) is 354 cm³/mol. The maximum Gasteiger partial charge on any atom is 0.135 e. The molecule has 0 bridgehead atoms. The zero-order chi connectivity index (χ0) is 57.8. The van der Waals surface area contributed by atoms with Gasteiger partial charge in [-0.1, -0.05) is 30.3 Å². The molecular formula is C77H66N4O3. The van der Waals surface area contributed by atoms with Gasteiger partial charge in [0.1, 0.15) is 33.5 Å². The second-order valence-electron chi connectivity index (χ2n) is 23.3. The first-order valence-electron chi connectivity index (χ1n) is 29.0. The van der Waals surface area contributed by atoms with Crippen LogP contribution in [-0.2, 0) is 0 Å². The number of fused-ring (bicyclic) bond motifs is 9. The van der Waals surface area contributed by atoms with Crippen LogP contribution in [0.25, 0.3) is 65.8 Å². The Morgan fingerprint density at radius 3 is 0.595 bits per heavy atom. The van der Waals surface area contributed by atoms with Gasteiger partial charge in [0.15, 0.2) is 0 Å². The number of aryl methyl sites for hydroxylation is 10. The molecule has 0 aliphatic carbocycles. The average Bonchev–Trinajstić information content (AvgIpc) is 4.39. The molecule has 7 nitrogen and oxygen atoms in total. The number of furan rings is 3. The predicted octanol–water partition coefficient (Wildman–Crippen LogP) is 22.6. The number of hydrogen-bond donors (Lipinski definition) is 0. The smallest absolute Gasteiger partial charge is 0.135 e. The van der Waals surface area contributed by atoms with Gasteiger partial charge >= 0.3 is 0 Å². The Hall–Kier alpha value is -9.98. The lowest BCUT2D eigenvalue weighted by atomic mass is 10.0. The molecule has 0 radical (unpaired) electrons. The highest BCUT2D eigenvalue weighted by molar-refractivity contribution is 6.11. The molecule has 3 aromatic heterocycles. The maximum absolute atomic E-state index is 6.73. The maximum atomic E-state index is 6.73. The first kappa shape index (κ1) is 52.1. The van der Waals surface area contributed by atoms with Gasteiger partial charge in [-0.25, -0.2) is 0 Å². The molecule has 0 aliphatic heterocycles. The van der Waals surface area contributed by atoms with Crippen molar-refractivity contribution in [2.24, 2.45) is 0 Å². The Balaban J connectivity index is 0.895. The van der Waals surface area contributed by atoms with E-state index in [-0.39, 0.29) is 0 Å². The minimum Gasteiger partial charge on any atom is -0.456 e. The molecule has 0 amide bonds. The molecule has 0 atom stereocenters. The van der Waals surface area contributed by atoms with E-state index in [9.17, 15) is 0 Å². The molecular weight excluding hydrogens is 1030 g/mol. The van der Waals surface area contributed by atoms with E-state index in [1.165, 1.54) is 55.6 Å². The quantitative estimate of drug-likeness (QED) is 0.128. The van der Waals surface area contributed by atoms with Gasteiger partial charge in [0.2, 0.25) is 0 Å². The molecule has 3 heterocycles. The summed E-state index contributed by atoms with van der Waals surface area (Å²) in [7, 11) is 2.13. The summed E-state index contributed by atoms with van der Waals surface area (Å²) in [6.07, 6.45) is 0. The zero-order valence-electron chi connectivity index (χ0n) is 49.6. The largest absolute Gasteiger partial charge is 0.456 e. The van der Waals surface area contributed by atoms with Crippen molar-refractivity contribution in [2.45, 2.75) is 69.2 Å². The van der Waals surface area contributed by atoms with Crippen LogP contribution < -0.4 is 19.6 Å². The molecule has 412 valence electrons. The van der Waals surface area contributed by atoms with Gasteiger partial charge < -0.3 is 32.9 Å². The van der Waals surface area contributed by atoms with Crippen molar-refractivity contribution in [3.63, 3.8) is 0 Å². The van der Waals surface area contributed by atoms with Crippen LogP contribution in [0.1, 0.15) is 55.6 Å². The summed E-state index contributed by atoms with van der Waals surface area (Å²) in [6, 6.07) is 72.9. The fourth-order valence-corrected chi connectivity index (χ4v) is 12.0. The van der Waals surface area contributed by atoms with E-state index in [1.807, 2.05) is 0 Å². The highest BCUT2D eigenvalue weighted by Gasteiger charge is 2.23. The van der Waals surface area contributed by atoms with Crippen LogP contribution in [0, 0.1) is 69.2 Å². The van der Waals surface area contributed by atoms with E-state index in [1.54, 1.807) is 0 Å². The van der Waals surface area contributed by atoms with Crippen molar-refractivity contribution in [3.05, 3.63) is 256 Å². The Labute approximate surface area is 490 Å². The molecule has 14 rings (SSSR count). The van der Waals surface area contributed by atoms with E-state index >= 15 is 0 Å². The van der Waals surface area contributed by atoms with Crippen molar-refractivity contribution >= 4 is 128 Å². The van der Waals surface area contributed by atoms with Crippen LogP contribution in [-0.4, -0.2) is 7.05 Å². The Morgan fingerprint density at radius 1 is 0.190 bits per heavy atom. The molecule has 0 fully saturated rings. The third-order valence-electron chi connectivity index (χ3n) is 17.9. The van der Waals surface area contributed by atoms with E-state index in [4.69, 9.17) is 13.3 Å². The molecule has 0 saturated carbocycles. The highest BCUT2D eigenvalue weighted by Crippen LogP contribution is 2.47. The SMILES string of the molecule is Cc1ccc(N(C)c2ccc3oc4ccc(N(c5ccc(C)c(C)c5)c5ccc6oc7ccc(N(c8ccc(C)c(C)c8)c8ccc9oc%10ccc(N(c%11ccc(C)c(C)c%11)c%11ccc(C)c(C)c%11)cc%10c9c8)cc7c6c5)cc4c3c2)cc1C. The van der Waals surface area contributed by atoms with Crippen molar-refractivity contribution in [1.29, 1.82) is 0 Å². The van der Waals surface area contributed by atoms with E-state index in [0.29, 0.717) is 0 Å². The third-order valence-corrected chi connectivity index (χ3v) is 17.9. The summed E-state index contributed by atoms with van der Waals surface area (Å²) < 4.78 is 19.9. The number of hydrogen-bond acceptors (Lipinski definition) is 7. The number of anilines is 11. The third kappa shape index (κ3) is 8.99. The van der Waals surface area contributed by atoms with Crippen molar-refractivity contribution in [1.82, 2.24) is 0 Å². The van der Waals surface area contributed by atoms with E-state index in [0.717, 1.165) is 128 Å². The van der Waals surface area contributed by atoms with Crippen LogP contribution >= 0.6 is 0 Å². The Bertz CT molecular complexity index is 4930. The molecule has 0 spiro atoms. The van der Waals surface area contributed by atoms with Gasteiger partial charge in [0.05, 0.1) is 0 Å².